The van der Waals surface area contributed by atoms with Crippen molar-refractivity contribution in [3.05, 3.63) is 0 Å². The van der Waals surface area contributed by atoms with Gasteiger partial charge in [0.1, 0.15) is 0 Å². The molecule has 1 rings (SSSR count). The van der Waals surface area contributed by atoms with Crippen LogP contribution in [0.1, 0.15) is 27.7 Å². The van der Waals surface area contributed by atoms with Crippen LogP contribution in [-0.2, 0) is 14.2 Å². The number of aliphatic hydroxyl groups is 3. The van der Waals surface area contributed by atoms with E-state index in [1.807, 2.05) is 0 Å². The van der Waals surface area contributed by atoms with Crippen molar-refractivity contribution in [2.24, 2.45) is 11.8 Å². The van der Waals surface area contributed by atoms with Gasteiger partial charge in [-0.3, -0.25) is 9.47 Å². The second kappa shape index (κ2) is 5.92. The molecule has 6 nitrogen and oxygen atoms in total. The normalized spacial score (nSPS) is 40.8. The summed E-state index contributed by atoms with van der Waals surface area (Å²) in [5, 5.41) is 30.3. The zero-order valence-electron chi connectivity index (χ0n) is 14.0. The molecule has 1 aliphatic rings. The van der Waals surface area contributed by atoms with Crippen LogP contribution in [0.15, 0.2) is 0 Å². The van der Waals surface area contributed by atoms with E-state index in [1.165, 1.54) is 0 Å². The molecule has 1 saturated heterocycles. The number of alkyl halides is 6. The number of hydrogen-bond donors (Lipinski definition) is 3. The first-order valence-corrected chi connectivity index (χ1v) is 7.12. The molecule has 3 N–H and O–H groups in total. The molecule has 0 aliphatic carbocycles. The average Bonchev–Trinajstić information content (AvgIpc) is 2.39. The maximum Gasteiger partial charge on any atom is 0.449 e. The van der Waals surface area contributed by atoms with Gasteiger partial charge in [0.2, 0.25) is 11.6 Å². The number of hydrogen-bond acceptors (Lipinski definition) is 6. The summed E-state index contributed by atoms with van der Waals surface area (Å²) >= 11 is 0. The Bertz CT molecular complexity index is 508. The van der Waals surface area contributed by atoms with Gasteiger partial charge in [-0.2, -0.15) is 26.3 Å². The van der Waals surface area contributed by atoms with Crippen molar-refractivity contribution >= 4 is 0 Å². The van der Waals surface area contributed by atoms with E-state index in [-0.39, 0.29) is 0 Å². The van der Waals surface area contributed by atoms with Crippen molar-refractivity contribution in [3.8, 4) is 0 Å². The van der Waals surface area contributed by atoms with Crippen LogP contribution in [0.4, 0.5) is 26.3 Å². The van der Waals surface area contributed by atoms with Gasteiger partial charge >= 0.3 is 23.9 Å². The Balaban J connectivity index is 3.84. The maximum atomic E-state index is 13.5. The van der Waals surface area contributed by atoms with Gasteiger partial charge in [-0.05, 0) is 0 Å². The highest BCUT2D eigenvalue weighted by Crippen LogP contribution is 2.59. The van der Waals surface area contributed by atoms with Gasteiger partial charge in [-0.25, -0.2) is 0 Å². The third kappa shape index (κ3) is 2.73. The molecule has 25 heavy (non-hydrogen) atoms. The summed E-state index contributed by atoms with van der Waals surface area (Å²) in [4.78, 5) is 0. The molecule has 0 radical (unpaired) electrons. The zero-order valence-corrected chi connectivity index (χ0v) is 14.0. The molecule has 0 amide bonds. The summed E-state index contributed by atoms with van der Waals surface area (Å²) in [5.41, 5.74) is 0. The van der Waals surface area contributed by atoms with Gasteiger partial charge in [-0.15, -0.1) is 0 Å². The Labute approximate surface area is 139 Å². The van der Waals surface area contributed by atoms with Crippen molar-refractivity contribution in [2.75, 3.05) is 7.11 Å². The average molecular weight is 386 g/mol. The van der Waals surface area contributed by atoms with E-state index in [9.17, 15) is 41.7 Å². The minimum atomic E-state index is -5.79. The van der Waals surface area contributed by atoms with E-state index < -0.39 is 47.3 Å². The number of methoxy groups -OCH3 is 1. The first-order valence-electron chi connectivity index (χ1n) is 7.12. The Kier molecular flexibility index (Phi) is 5.30. The van der Waals surface area contributed by atoms with Crippen LogP contribution in [0.3, 0.4) is 0 Å². The lowest BCUT2D eigenvalue weighted by molar-refractivity contribution is -0.633. The molecular weight excluding hydrogens is 366 g/mol. The molecule has 12 heteroatoms. The predicted molar refractivity (Wildman–Crippen MR) is 68.5 cm³/mol. The monoisotopic (exact) mass is 386 g/mol. The van der Waals surface area contributed by atoms with Crippen molar-refractivity contribution in [1.29, 1.82) is 0 Å². The van der Waals surface area contributed by atoms with Gasteiger partial charge in [0.05, 0.1) is 0 Å². The van der Waals surface area contributed by atoms with Gasteiger partial charge < -0.3 is 20.1 Å². The number of halogens is 6. The molecule has 0 bridgehead atoms. The Morgan fingerprint density at radius 2 is 1.16 bits per heavy atom. The summed E-state index contributed by atoms with van der Waals surface area (Å²) in [5.74, 6) is -20.0. The largest absolute Gasteiger partial charge is 0.449 e. The van der Waals surface area contributed by atoms with Crippen molar-refractivity contribution in [3.63, 3.8) is 0 Å². The number of ether oxygens (including phenoxy) is 3. The summed E-state index contributed by atoms with van der Waals surface area (Å²) < 4.78 is 93.8. The molecule has 150 valence electrons. The molecule has 0 aromatic rings. The minimum absolute atomic E-state index is 0.538. The fraction of sp³-hybridized carbons (Fsp3) is 1.00. The van der Waals surface area contributed by atoms with Crippen LogP contribution in [0.2, 0.25) is 0 Å². The van der Waals surface area contributed by atoms with Crippen LogP contribution in [0.5, 0.6) is 0 Å². The zero-order chi connectivity index (χ0) is 20.3. The van der Waals surface area contributed by atoms with E-state index in [0.717, 1.165) is 27.7 Å². The molecule has 0 aromatic carbocycles. The van der Waals surface area contributed by atoms with Crippen molar-refractivity contribution in [2.45, 2.75) is 63.2 Å². The second-order valence-corrected chi connectivity index (χ2v) is 6.37. The smallest absolute Gasteiger partial charge is 0.361 e. The van der Waals surface area contributed by atoms with Crippen LogP contribution < -0.4 is 0 Å². The molecule has 0 aromatic heterocycles. The standard InChI is InChI=1S/C13H20F6O6/c1-6(2)8(20)10(21,12(14,15)16)25-9(23-5,7(3)4)11(22,24-8)13(17,18)19/h6-7,20-22H,1-5H3/t8-,9-,10-,11+/m0/s1. The van der Waals surface area contributed by atoms with Crippen molar-refractivity contribution < 1.29 is 55.9 Å². The van der Waals surface area contributed by atoms with E-state index in [1.54, 1.807) is 0 Å². The van der Waals surface area contributed by atoms with Gasteiger partial charge in [0.25, 0.3) is 0 Å². The molecule has 0 unspecified atom stereocenters. The summed E-state index contributed by atoms with van der Waals surface area (Å²) in [6.07, 6.45) is -11.5. The molecule has 0 spiro atoms. The Morgan fingerprint density at radius 1 is 0.760 bits per heavy atom. The van der Waals surface area contributed by atoms with Crippen LogP contribution in [-0.4, -0.2) is 57.9 Å². The molecule has 4 atom stereocenters. The van der Waals surface area contributed by atoms with E-state index in [4.69, 9.17) is 0 Å². The minimum Gasteiger partial charge on any atom is -0.361 e. The van der Waals surface area contributed by atoms with Crippen LogP contribution in [0.25, 0.3) is 0 Å². The lowest BCUT2D eigenvalue weighted by Crippen LogP contribution is -2.84. The van der Waals surface area contributed by atoms with E-state index in [2.05, 4.69) is 14.2 Å². The first-order chi connectivity index (χ1) is 10.9. The highest BCUT2D eigenvalue weighted by atomic mass is 19.4. The molecule has 1 fully saturated rings. The first kappa shape index (κ1) is 22.4. The van der Waals surface area contributed by atoms with Crippen LogP contribution in [0, 0.1) is 11.8 Å². The van der Waals surface area contributed by atoms with E-state index in [0.29, 0.717) is 7.11 Å². The molecule has 1 aliphatic heterocycles. The topological polar surface area (TPSA) is 88.4 Å². The lowest BCUT2D eigenvalue weighted by atomic mass is 9.84. The van der Waals surface area contributed by atoms with Gasteiger partial charge in [0, 0.05) is 18.9 Å². The highest BCUT2D eigenvalue weighted by Gasteiger charge is 2.85. The fourth-order valence-corrected chi connectivity index (χ4v) is 2.68. The molecular formula is C13H20F6O6. The fourth-order valence-electron chi connectivity index (χ4n) is 2.68. The highest BCUT2D eigenvalue weighted by molar-refractivity contribution is 5.08. The van der Waals surface area contributed by atoms with Crippen LogP contribution >= 0.6 is 0 Å². The van der Waals surface area contributed by atoms with E-state index >= 15 is 0 Å². The van der Waals surface area contributed by atoms with Gasteiger partial charge in [-0.1, -0.05) is 27.7 Å². The third-order valence-corrected chi connectivity index (χ3v) is 4.17. The summed E-state index contributed by atoms with van der Waals surface area (Å²) in [7, 11) is 0.538. The quantitative estimate of drug-likeness (QED) is 0.642. The Hall–Kier alpha value is -0.660. The van der Waals surface area contributed by atoms with Crippen molar-refractivity contribution in [1.82, 2.24) is 0 Å². The number of rotatable bonds is 3. The second-order valence-electron chi connectivity index (χ2n) is 6.37. The molecule has 1 heterocycles. The third-order valence-electron chi connectivity index (χ3n) is 4.17. The van der Waals surface area contributed by atoms with Gasteiger partial charge in [0.15, 0.2) is 0 Å². The SMILES string of the molecule is CO[C@@]1(C(C)C)O[C@](O)(C(F)(F)F)[C@](O)(C(C)C)O[C@@]1(O)C(F)(F)F. The Morgan fingerprint density at radius 3 is 1.40 bits per heavy atom. The summed E-state index contributed by atoms with van der Waals surface area (Å²) in [6, 6.07) is 0. The molecule has 0 saturated carbocycles. The summed E-state index contributed by atoms with van der Waals surface area (Å²) in [6.45, 7) is 3.57. The lowest BCUT2D eigenvalue weighted by Gasteiger charge is -2.60. The maximum absolute atomic E-state index is 13.5. The predicted octanol–water partition coefficient (Wildman–Crippen LogP) is 1.88.